The van der Waals surface area contributed by atoms with Crippen LogP contribution in [0, 0.1) is 0 Å². The van der Waals surface area contributed by atoms with E-state index in [4.69, 9.17) is 30.6 Å². The second-order valence-corrected chi connectivity index (χ2v) is 7.66. The number of halogens is 1. The molecule has 0 unspecified atom stereocenters. The third-order valence-corrected chi connectivity index (χ3v) is 5.26. The van der Waals surface area contributed by atoms with Gasteiger partial charge in [0.2, 0.25) is 10.0 Å². The average molecular weight is 424 g/mol. The molecule has 1 aromatic heterocycles. The van der Waals surface area contributed by atoms with Gasteiger partial charge in [-0.15, -0.1) is 0 Å². The first-order valence-electron chi connectivity index (χ1n) is 7.79. The van der Waals surface area contributed by atoms with Crippen molar-refractivity contribution in [3.63, 3.8) is 0 Å². The van der Waals surface area contributed by atoms with Crippen LogP contribution in [0.1, 0.15) is 15.9 Å². The summed E-state index contributed by atoms with van der Waals surface area (Å²) in [6.07, 6.45) is 0. The van der Waals surface area contributed by atoms with Gasteiger partial charge in [-0.25, -0.2) is 23.1 Å². The Kier molecular flexibility index (Phi) is 5.41. The first-order valence-corrected chi connectivity index (χ1v) is 9.72. The fourth-order valence-corrected chi connectivity index (χ4v) is 3.60. The molecule has 0 amide bonds. The quantitative estimate of drug-likeness (QED) is 0.493. The lowest BCUT2D eigenvalue weighted by Gasteiger charge is -2.09. The number of nitrogens with two attached hydrogens (primary N) is 1. The van der Waals surface area contributed by atoms with E-state index in [0.29, 0.717) is 16.7 Å². The number of primary sulfonamides is 1. The number of carbonyl (C=O) groups is 1. The Morgan fingerprint density at radius 1 is 1.18 bits per heavy atom. The molecule has 1 heterocycles. The van der Waals surface area contributed by atoms with Crippen molar-refractivity contribution in [1.82, 2.24) is 0 Å². The zero-order valence-electron chi connectivity index (χ0n) is 14.5. The topological polar surface area (TPSA) is 126 Å². The van der Waals surface area contributed by atoms with Crippen LogP contribution < -0.4 is 15.5 Å². The van der Waals surface area contributed by atoms with E-state index in [9.17, 15) is 18.0 Å². The molecular weight excluding hydrogens is 410 g/mol. The molecule has 8 nitrogen and oxygen atoms in total. The second-order valence-electron chi connectivity index (χ2n) is 5.72. The smallest absolute Gasteiger partial charge is 0.338 e. The Labute approximate surface area is 164 Å². The van der Waals surface area contributed by atoms with E-state index in [0.717, 1.165) is 6.07 Å². The molecule has 0 fully saturated rings. The molecule has 0 aliphatic heterocycles. The maximum absolute atomic E-state index is 12.3. The molecule has 0 bridgehead atoms. The van der Waals surface area contributed by atoms with Crippen molar-refractivity contribution in [1.29, 1.82) is 0 Å². The first-order chi connectivity index (χ1) is 13.2. The predicted molar refractivity (Wildman–Crippen MR) is 101 cm³/mol. The van der Waals surface area contributed by atoms with E-state index in [1.807, 2.05) is 0 Å². The molecule has 0 saturated carbocycles. The van der Waals surface area contributed by atoms with Gasteiger partial charge in [-0.3, -0.25) is 0 Å². The zero-order valence-corrected chi connectivity index (χ0v) is 16.0. The van der Waals surface area contributed by atoms with E-state index < -0.39 is 21.6 Å². The van der Waals surface area contributed by atoms with Gasteiger partial charge in [0.15, 0.2) is 0 Å². The van der Waals surface area contributed by atoms with E-state index in [2.05, 4.69) is 0 Å². The predicted octanol–water partition coefficient (Wildman–Crippen LogP) is 2.46. The number of hydrogen-bond donors (Lipinski definition) is 1. The van der Waals surface area contributed by atoms with Crippen molar-refractivity contribution in [2.45, 2.75) is 11.5 Å². The Morgan fingerprint density at radius 3 is 2.61 bits per heavy atom. The average Bonchev–Trinajstić information content (AvgIpc) is 2.64. The van der Waals surface area contributed by atoms with Gasteiger partial charge < -0.3 is 13.9 Å². The van der Waals surface area contributed by atoms with E-state index >= 15 is 0 Å². The summed E-state index contributed by atoms with van der Waals surface area (Å²) in [6.45, 7) is -0.236. The summed E-state index contributed by atoms with van der Waals surface area (Å²) in [5.74, 6) is -0.307. The molecule has 0 aliphatic carbocycles. The van der Waals surface area contributed by atoms with E-state index in [1.165, 1.54) is 25.3 Å². The molecule has 0 radical (unpaired) electrons. The van der Waals surface area contributed by atoms with Crippen molar-refractivity contribution in [2.75, 3.05) is 7.11 Å². The van der Waals surface area contributed by atoms with E-state index in [1.54, 1.807) is 18.2 Å². The molecule has 0 atom stereocenters. The largest absolute Gasteiger partial charge is 0.497 e. The van der Waals surface area contributed by atoms with Crippen LogP contribution in [0.3, 0.4) is 0 Å². The third-order valence-electron chi connectivity index (χ3n) is 3.87. The molecule has 3 aromatic rings. The van der Waals surface area contributed by atoms with Crippen LogP contribution in [0.5, 0.6) is 5.75 Å². The number of fused-ring (bicyclic) bond motifs is 1. The maximum atomic E-state index is 12.3. The lowest BCUT2D eigenvalue weighted by molar-refractivity contribution is 0.0473. The Hall–Kier alpha value is -2.88. The highest BCUT2D eigenvalue weighted by Gasteiger charge is 2.18. The number of esters is 1. The zero-order chi connectivity index (χ0) is 20.5. The van der Waals surface area contributed by atoms with Crippen molar-refractivity contribution in [2.24, 2.45) is 5.14 Å². The fourth-order valence-electron chi connectivity index (χ4n) is 2.53. The summed E-state index contributed by atoms with van der Waals surface area (Å²) in [5.41, 5.74) is 0.0287. The molecule has 0 aliphatic rings. The number of hydrogen-bond acceptors (Lipinski definition) is 7. The van der Waals surface area contributed by atoms with Gasteiger partial charge >= 0.3 is 11.6 Å². The summed E-state index contributed by atoms with van der Waals surface area (Å²) in [4.78, 5) is 23.7. The number of carbonyl (C=O) groups excluding carboxylic acids is 1. The van der Waals surface area contributed by atoms with Crippen LogP contribution in [0.15, 0.2) is 56.6 Å². The van der Waals surface area contributed by atoms with Gasteiger partial charge in [0, 0.05) is 23.1 Å². The molecule has 10 heteroatoms. The van der Waals surface area contributed by atoms with Crippen molar-refractivity contribution >= 4 is 38.6 Å². The third kappa shape index (κ3) is 4.16. The number of rotatable bonds is 5. The van der Waals surface area contributed by atoms with Gasteiger partial charge in [0.25, 0.3) is 0 Å². The molecular formula is C18H14ClNO7S. The van der Waals surface area contributed by atoms with Crippen molar-refractivity contribution < 1.29 is 27.1 Å². The number of ether oxygens (including phenoxy) is 2. The van der Waals surface area contributed by atoms with Crippen LogP contribution >= 0.6 is 11.6 Å². The van der Waals surface area contributed by atoms with E-state index in [-0.39, 0.29) is 27.7 Å². The maximum Gasteiger partial charge on any atom is 0.338 e. The molecule has 146 valence electrons. The summed E-state index contributed by atoms with van der Waals surface area (Å²) >= 11 is 5.80. The van der Waals surface area contributed by atoms with Crippen LogP contribution in [-0.2, 0) is 21.4 Å². The number of benzene rings is 2. The van der Waals surface area contributed by atoms with Crippen LogP contribution in [0.2, 0.25) is 5.02 Å². The molecule has 0 spiro atoms. The van der Waals surface area contributed by atoms with Crippen LogP contribution in [0.4, 0.5) is 0 Å². The minimum absolute atomic E-state index is 0.0534. The summed E-state index contributed by atoms with van der Waals surface area (Å²) in [5, 5.41) is 5.53. The SMILES string of the molecule is COc1ccc2c(COC(=O)c3ccc(Cl)c(S(N)(=O)=O)c3)cc(=O)oc2c1. The Balaban J connectivity index is 1.89. The van der Waals surface area contributed by atoms with Gasteiger partial charge in [-0.2, -0.15) is 0 Å². The molecule has 28 heavy (non-hydrogen) atoms. The van der Waals surface area contributed by atoms with Crippen LogP contribution in [0.25, 0.3) is 11.0 Å². The lowest BCUT2D eigenvalue weighted by atomic mass is 10.1. The normalized spacial score (nSPS) is 11.4. The summed E-state index contributed by atoms with van der Waals surface area (Å²) in [7, 11) is -2.62. The van der Waals surface area contributed by atoms with Gasteiger partial charge in [-0.05, 0) is 30.3 Å². The van der Waals surface area contributed by atoms with Crippen LogP contribution in [-0.4, -0.2) is 21.5 Å². The fraction of sp³-hybridized carbons (Fsp3) is 0.111. The molecule has 2 N–H and O–H groups in total. The highest BCUT2D eigenvalue weighted by atomic mass is 35.5. The Morgan fingerprint density at radius 2 is 1.93 bits per heavy atom. The van der Waals surface area contributed by atoms with Gasteiger partial charge in [-0.1, -0.05) is 11.6 Å². The number of sulfonamides is 1. The lowest BCUT2D eigenvalue weighted by Crippen LogP contribution is -2.14. The number of methoxy groups -OCH3 is 1. The minimum atomic E-state index is -4.10. The second kappa shape index (κ2) is 7.63. The highest BCUT2D eigenvalue weighted by Crippen LogP contribution is 2.24. The molecule has 0 saturated heterocycles. The summed E-state index contributed by atoms with van der Waals surface area (Å²) in [6, 6.07) is 9.66. The molecule has 3 rings (SSSR count). The van der Waals surface area contributed by atoms with Crippen molar-refractivity contribution in [3.05, 3.63) is 69.0 Å². The highest BCUT2D eigenvalue weighted by molar-refractivity contribution is 7.89. The monoisotopic (exact) mass is 423 g/mol. The van der Waals surface area contributed by atoms with Gasteiger partial charge in [0.1, 0.15) is 22.8 Å². The Bertz CT molecular complexity index is 1230. The first kappa shape index (κ1) is 19.9. The summed E-state index contributed by atoms with van der Waals surface area (Å²) < 4.78 is 38.5. The minimum Gasteiger partial charge on any atom is -0.497 e. The molecule has 2 aromatic carbocycles. The van der Waals surface area contributed by atoms with Crippen molar-refractivity contribution in [3.8, 4) is 5.75 Å². The van der Waals surface area contributed by atoms with Gasteiger partial charge in [0.05, 0.1) is 17.7 Å². The standard InChI is InChI=1S/C18H14ClNO7S/c1-25-12-3-4-13-11(7-17(21)27-15(13)8-12)9-26-18(22)10-2-5-14(19)16(6-10)28(20,23)24/h2-8H,9H2,1H3,(H2,20,23,24).